The number of nitrogens with one attached hydrogen (secondary N) is 1. The fourth-order valence-corrected chi connectivity index (χ4v) is 1.55. The van der Waals surface area contributed by atoms with Crippen molar-refractivity contribution in [3.05, 3.63) is 33.9 Å². The molecule has 1 rings (SSSR count). The number of hydrogen-bond acceptors (Lipinski definition) is 6. The number of nitrogens with zero attached hydrogens (tertiary/aromatic N) is 1. The molecule has 0 saturated heterocycles. The van der Waals surface area contributed by atoms with Gasteiger partial charge in [-0.2, -0.15) is 0 Å². The van der Waals surface area contributed by atoms with Crippen LogP contribution < -0.4 is 10.1 Å². The summed E-state index contributed by atoms with van der Waals surface area (Å²) in [5.74, 6) is -1.41. The van der Waals surface area contributed by atoms with Crippen LogP contribution in [-0.4, -0.2) is 40.8 Å². The van der Waals surface area contributed by atoms with Crippen LogP contribution in [0.15, 0.2) is 18.2 Å². The van der Waals surface area contributed by atoms with Gasteiger partial charge in [-0.3, -0.25) is 10.1 Å². The van der Waals surface area contributed by atoms with Gasteiger partial charge < -0.3 is 19.9 Å². The van der Waals surface area contributed by atoms with Crippen LogP contribution in [0.5, 0.6) is 5.75 Å². The third kappa shape index (κ3) is 6.20. The molecule has 0 heterocycles. The monoisotopic (exact) mass is 326 g/mol. The van der Waals surface area contributed by atoms with Crippen molar-refractivity contribution in [2.45, 2.75) is 26.4 Å². The maximum atomic E-state index is 11.4. The van der Waals surface area contributed by atoms with Crippen LogP contribution in [0.4, 0.5) is 10.5 Å². The maximum Gasteiger partial charge on any atom is 0.407 e. The van der Waals surface area contributed by atoms with E-state index in [-0.39, 0.29) is 30.2 Å². The molecule has 0 unspecified atom stereocenters. The lowest BCUT2D eigenvalue weighted by atomic mass is 10.2. The quantitative estimate of drug-likeness (QED) is 0.466. The molecule has 0 aliphatic heterocycles. The predicted molar refractivity (Wildman–Crippen MR) is 79.8 cm³/mol. The maximum absolute atomic E-state index is 11.4. The highest BCUT2D eigenvalue weighted by Crippen LogP contribution is 2.24. The van der Waals surface area contributed by atoms with Gasteiger partial charge in [-0.25, -0.2) is 9.59 Å². The van der Waals surface area contributed by atoms with Gasteiger partial charge in [-0.05, 0) is 26.8 Å². The molecular weight excluding hydrogens is 308 g/mol. The average Bonchev–Trinajstić information content (AvgIpc) is 2.41. The Morgan fingerprint density at radius 2 is 2.00 bits per heavy atom. The SMILES string of the molecule is CC(C)(C)OC(=O)NCCOc1cc([N+](=O)[O-])ccc1C(=O)O. The van der Waals surface area contributed by atoms with Crippen LogP contribution in [0.25, 0.3) is 0 Å². The number of rotatable bonds is 6. The minimum Gasteiger partial charge on any atom is -0.491 e. The molecule has 1 aromatic rings. The van der Waals surface area contributed by atoms with E-state index in [0.29, 0.717) is 0 Å². The van der Waals surface area contributed by atoms with Gasteiger partial charge in [0.1, 0.15) is 23.5 Å². The number of carbonyl (C=O) groups excluding carboxylic acids is 1. The summed E-state index contributed by atoms with van der Waals surface area (Å²) in [7, 11) is 0. The van der Waals surface area contributed by atoms with Gasteiger partial charge >= 0.3 is 12.1 Å². The molecule has 0 radical (unpaired) electrons. The van der Waals surface area contributed by atoms with Crippen LogP contribution in [0.2, 0.25) is 0 Å². The molecule has 2 N–H and O–H groups in total. The van der Waals surface area contributed by atoms with E-state index >= 15 is 0 Å². The summed E-state index contributed by atoms with van der Waals surface area (Å²) in [5.41, 5.74) is -1.13. The summed E-state index contributed by atoms with van der Waals surface area (Å²) >= 11 is 0. The molecular formula is C14H18N2O7. The first-order valence-electron chi connectivity index (χ1n) is 6.71. The van der Waals surface area contributed by atoms with Crippen LogP contribution in [0.1, 0.15) is 31.1 Å². The number of carboxylic acid groups (broad SMARTS) is 1. The molecule has 9 heteroatoms. The molecule has 0 aromatic heterocycles. The van der Waals surface area contributed by atoms with Gasteiger partial charge in [-0.1, -0.05) is 0 Å². The predicted octanol–water partition coefficient (Wildman–Crippen LogP) is 2.20. The molecule has 0 atom stereocenters. The van der Waals surface area contributed by atoms with E-state index in [2.05, 4.69) is 5.32 Å². The summed E-state index contributed by atoms with van der Waals surface area (Å²) in [6.07, 6.45) is -0.640. The second-order valence-electron chi connectivity index (χ2n) is 5.52. The number of amides is 1. The molecule has 0 aliphatic rings. The summed E-state index contributed by atoms with van der Waals surface area (Å²) in [6.45, 7) is 5.12. The number of aromatic carboxylic acids is 1. The number of nitro benzene ring substituents is 1. The van der Waals surface area contributed by atoms with E-state index in [9.17, 15) is 19.7 Å². The van der Waals surface area contributed by atoms with E-state index in [1.165, 1.54) is 0 Å². The minimum atomic E-state index is -1.27. The third-order valence-electron chi connectivity index (χ3n) is 2.43. The lowest BCUT2D eigenvalue weighted by Crippen LogP contribution is -2.34. The molecule has 0 aliphatic carbocycles. The number of benzene rings is 1. The number of non-ortho nitro benzene ring substituents is 1. The van der Waals surface area contributed by atoms with Crippen molar-refractivity contribution in [2.75, 3.05) is 13.2 Å². The minimum absolute atomic E-state index is 0.0522. The van der Waals surface area contributed by atoms with Crippen LogP contribution in [0, 0.1) is 10.1 Å². The molecule has 23 heavy (non-hydrogen) atoms. The van der Waals surface area contributed by atoms with Crippen molar-refractivity contribution in [3.8, 4) is 5.75 Å². The van der Waals surface area contributed by atoms with Crippen molar-refractivity contribution in [1.82, 2.24) is 5.32 Å². The molecule has 126 valence electrons. The van der Waals surface area contributed by atoms with Crippen molar-refractivity contribution in [2.24, 2.45) is 0 Å². The highest BCUT2D eigenvalue weighted by molar-refractivity contribution is 5.91. The number of nitro groups is 1. The molecule has 0 fully saturated rings. The highest BCUT2D eigenvalue weighted by atomic mass is 16.6. The number of ether oxygens (including phenoxy) is 2. The van der Waals surface area contributed by atoms with Crippen molar-refractivity contribution in [1.29, 1.82) is 0 Å². The Morgan fingerprint density at radius 1 is 1.35 bits per heavy atom. The largest absolute Gasteiger partial charge is 0.491 e. The zero-order chi connectivity index (χ0) is 17.6. The highest BCUT2D eigenvalue weighted by Gasteiger charge is 2.18. The van der Waals surface area contributed by atoms with E-state index < -0.39 is 22.6 Å². The van der Waals surface area contributed by atoms with Gasteiger partial charge in [0, 0.05) is 6.07 Å². The zero-order valence-electron chi connectivity index (χ0n) is 13.0. The molecule has 1 aromatic carbocycles. The fourth-order valence-electron chi connectivity index (χ4n) is 1.55. The Kier molecular flexibility index (Phi) is 5.88. The number of carbonyl (C=O) groups is 2. The number of alkyl carbamates (subject to hydrolysis) is 1. The van der Waals surface area contributed by atoms with Crippen LogP contribution in [0.3, 0.4) is 0 Å². The second kappa shape index (κ2) is 7.43. The van der Waals surface area contributed by atoms with E-state index in [4.69, 9.17) is 14.6 Å². The number of hydrogen-bond donors (Lipinski definition) is 2. The Bertz CT molecular complexity index is 608. The van der Waals surface area contributed by atoms with Gasteiger partial charge in [0.05, 0.1) is 17.5 Å². The first-order valence-corrected chi connectivity index (χ1v) is 6.71. The Morgan fingerprint density at radius 3 is 2.52 bits per heavy atom. The summed E-state index contributed by atoms with van der Waals surface area (Å²) in [5, 5.41) is 22.2. The summed E-state index contributed by atoms with van der Waals surface area (Å²) in [6, 6.07) is 3.20. The van der Waals surface area contributed by atoms with Crippen LogP contribution >= 0.6 is 0 Å². The molecule has 1 amide bonds. The molecule has 0 spiro atoms. The first-order chi connectivity index (χ1) is 10.6. The van der Waals surface area contributed by atoms with Crippen molar-refractivity contribution >= 4 is 17.7 Å². The van der Waals surface area contributed by atoms with E-state index in [1.807, 2.05) is 0 Å². The standard InChI is InChI=1S/C14H18N2O7/c1-14(2,3)23-13(19)15-6-7-22-11-8-9(16(20)21)4-5-10(11)12(17)18/h4-5,8H,6-7H2,1-3H3,(H,15,19)(H,17,18). The Balaban J connectivity index is 2.63. The topological polar surface area (TPSA) is 128 Å². The average molecular weight is 326 g/mol. The van der Waals surface area contributed by atoms with E-state index in [0.717, 1.165) is 18.2 Å². The summed E-state index contributed by atoms with van der Waals surface area (Å²) in [4.78, 5) is 32.5. The normalized spacial score (nSPS) is 10.7. The lowest BCUT2D eigenvalue weighted by molar-refractivity contribution is -0.384. The van der Waals surface area contributed by atoms with Gasteiger partial charge in [0.15, 0.2) is 0 Å². The number of carboxylic acids is 1. The van der Waals surface area contributed by atoms with Crippen molar-refractivity contribution < 1.29 is 29.1 Å². The second-order valence-corrected chi connectivity index (χ2v) is 5.52. The summed E-state index contributed by atoms with van der Waals surface area (Å²) < 4.78 is 10.2. The van der Waals surface area contributed by atoms with Crippen LogP contribution in [-0.2, 0) is 4.74 Å². The van der Waals surface area contributed by atoms with Gasteiger partial charge in [0.25, 0.3) is 5.69 Å². The Hall–Kier alpha value is -2.84. The van der Waals surface area contributed by atoms with Crippen molar-refractivity contribution in [3.63, 3.8) is 0 Å². The van der Waals surface area contributed by atoms with Gasteiger partial charge in [0.2, 0.25) is 0 Å². The smallest absolute Gasteiger partial charge is 0.407 e. The van der Waals surface area contributed by atoms with Gasteiger partial charge in [-0.15, -0.1) is 0 Å². The fraction of sp³-hybridized carbons (Fsp3) is 0.429. The first kappa shape index (κ1) is 18.2. The molecule has 0 saturated carbocycles. The molecule has 0 bridgehead atoms. The Labute approximate surface area is 132 Å². The van der Waals surface area contributed by atoms with E-state index in [1.54, 1.807) is 20.8 Å². The zero-order valence-corrected chi connectivity index (χ0v) is 13.0. The molecule has 9 nitrogen and oxygen atoms in total. The third-order valence-corrected chi connectivity index (χ3v) is 2.43. The lowest BCUT2D eigenvalue weighted by Gasteiger charge is -2.19.